The standard InChI is InChI=1S/C24H27N5O2S/c1-2-24(18-8-4-3-5-9-18)22(30)29(23(31)26-24)17-28-14-12-27(13-15-28)16-21-25-19-10-6-7-11-20(19)32-21/h3-11H,2,12-17H2,1H3,(H,26,31)/t24-/m1/s1. The molecule has 0 spiro atoms. The smallest absolute Gasteiger partial charge is 0.319 e. The lowest BCUT2D eigenvalue weighted by Gasteiger charge is -2.35. The molecule has 3 heterocycles. The zero-order chi connectivity index (χ0) is 22.1. The maximum Gasteiger partial charge on any atom is 0.326 e. The van der Waals surface area contributed by atoms with Gasteiger partial charge in [-0.2, -0.15) is 0 Å². The first-order valence-electron chi connectivity index (χ1n) is 11.1. The molecular formula is C24H27N5O2S. The van der Waals surface area contributed by atoms with Gasteiger partial charge in [0.1, 0.15) is 10.5 Å². The molecule has 3 aromatic rings. The van der Waals surface area contributed by atoms with Crippen molar-refractivity contribution in [2.45, 2.75) is 25.4 Å². The minimum absolute atomic E-state index is 0.159. The number of nitrogens with one attached hydrogen (secondary N) is 1. The third kappa shape index (κ3) is 3.79. The fraction of sp³-hybridized carbons (Fsp3) is 0.375. The first-order valence-corrected chi connectivity index (χ1v) is 11.9. The van der Waals surface area contributed by atoms with E-state index in [0.29, 0.717) is 13.1 Å². The van der Waals surface area contributed by atoms with Crippen molar-refractivity contribution in [3.05, 3.63) is 65.2 Å². The Labute approximate surface area is 191 Å². The molecule has 2 aliphatic rings. The predicted octanol–water partition coefficient (Wildman–Crippen LogP) is 3.23. The van der Waals surface area contributed by atoms with E-state index in [-0.39, 0.29) is 11.9 Å². The number of imide groups is 1. The van der Waals surface area contributed by atoms with Crippen LogP contribution in [-0.4, -0.2) is 64.5 Å². The van der Waals surface area contributed by atoms with Gasteiger partial charge in [-0.3, -0.25) is 14.6 Å². The molecule has 2 aromatic carbocycles. The molecule has 8 heteroatoms. The fourth-order valence-corrected chi connectivity index (χ4v) is 5.59. The zero-order valence-electron chi connectivity index (χ0n) is 18.2. The van der Waals surface area contributed by atoms with Crippen molar-refractivity contribution in [2.24, 2.45) is 0 Å². The molecule has 1 N–H and O–H groups in total. The molecule has 0 bridgehead atoms. The summed E-state index contributed by atoms with van der Waals surface area (Å²) in [5.41, 5.74) is 0.930. The first-order chi connectivity index (χ1) is 15.6. The summed E-state index contributed by atoms with van der Waals surface area (Å²) < 4.78 is 1.22. The highest BCUT2D eigenvalue weighted by atomic mass is 32.1. The van der Waals surface area contributed by atoms with E-state index in [1.165, 1.54) is 9.60 Å². The Bertz CT molecular complexity index is 1090. The second kappa shape index (κ2) is 8.61. The minimum atomic E-state index is -0.965. The van der Waals surface area contributed by atoms with Crippen LogP contribution in [0, 0.1) is 0 Å². The minimum Gasteiger partial charge on any atom is -0.319 e. The third-order valence-corrected chi connectivity index (χ3v) is 7.50. The summed E-state index contributed by atoms with van der Waals surface area (Å²) in [5, 5.41) is 4.10. The van der Waals surface area contributed by atoms with Crippen molar-refractivity contribution < 1.29 is 9.59 Å². The number of para-hydroxylation sites is 1. The lowest BCUT2D eigenvalue weighted by Crippen LogP contribution is -2.51. The van der Waals surface area contributed by atoms with Gasteiger partial charge in [-0.1, -0.05) is 49.4 Å². The molecule has 166 valence electrons. The average Bonchev–Trinajstić information content (AvgIpc) is 3.34. The van der Waals surface area contributed by atoms with Gasteiger partial charge in [-0.05, 0) is 24.1 Å². The zero-order valence-corrected chi connectivity index (χ0v) is 19.0. The molecule has 0 unspecified atom stereocenters. The Morgan fingerprint density at radius 2 is 1.66 bits per heavy atom. The number of hydrogen-bond acceptors (Lipinski definition) is 6. The third-order valence-electron chi connectivity index (χ3n) is 6.48. The van der Waals surface area contributed by atoms with Crippen molar-refractivity contribution in [3.8, 4) is 0 Å². The van der Waals surface area contributed by atoms with Crippen LogP contribution in [0.4, 0.5) is 4.79 Å². The second-order valence-electron chi connectivity index (χ2n) is 8.40. The van der Waals surface area contributed by atoms with Crippen LogP contribution >= 0.6 is 11.3 Å². The van der Waals surface area contributed by atoms with Crippen LogP contribution < -0.4 is 5.32 Å². The number of hydrogen-bond donors (Lipinski definition) is 1. The Morgan fingerprint density at radius 3 is 2.38 bits per heavy atom. The molecule has 32 heavy (non-hydrogen) atoms. The van der Waals surface area contributed by atoms with Crippen molar-refractivity contribution in [1.29, 1.82) is 0 Å². The van der Waals surface area contributed by atoms with Gasteiger partial charge >= 0.3 is 6.03 Å². The van der Waals surface area contributed by atoms with Crippen LogP contribution in [0.3, 0.4) is 0 Å². The van der Waals surface area contributed by atoms with Crippen molar-refractivity contribution >= 4 is 33.5 Å². The highest BCUT2D eigenvalue weighted by molar-refractivity contribution is 7.18. The molecule has 0 radical (unpaired) electrons. The van der Waals surface area contributed by atoms with E-state index in [2.05, 4.69) is 27.2 Å². The number of carbonyl (C=O) groups excluding carboxylic acids is 2. The number of nitrogens with zero attached hydrogens (tertiary/aromatic N) is 4. The maximum atomic E-state index is 13.3. The van der Waals surface area contributed by atoms with Gasteiger partial charge in [0.25, 0.3) is 5.91 Å². The van der Waals surface area contributed by atoms with E-state index in [1.807, 2.05) is 49.4 Å². The van der Waals surface area contributed by atoms with E-state index in [4.69, 9.17) is 4.98 Å². The number of amides is 3. The van der Waals surface area contributed by atoms with Gasteiger partial charge in [0, 0.05) is 26.2 Å². The Kier molecular flexibility index (Phi) is 5.67. The van der Waals surface area contributed by atoms with Crippen molar-refractivity contribution in [2.75, 3.05) is 32.8 Å². The molecule has 2 fully saturated rings. The van der Waals surface area contributed by atoms with E-state index < -0.39 is 5.54 Å². The van der Waals surface area contributed by atoms with Gasteiger partial charge in [-0.15, -0.1) is 11.3 Å². The first kappa shape index (κ1) is 21.1. The van der Waals surface area contributed by atoms with Gasteiger partial charge < -0.3 is 5.32 Å². The summed E-state index contributed by atoms with van der Waals surface area (Å²) in [6.45, 7) is 6.50. The Balaban J connectivity index is 1.20. The topological polar surface area (TPSA) is 68.8 Å². The van der Waals surface area contributed by atoms with Gasteiger partial charge in [0.2, 0.25) is 0 Å². The second-order valence-corrected chi connectivity index (χ2v) is 9.51. The van der Waals surface area contributed by atoms with Crippen LogP contribution in [0.25, 0.3) is 10.2 Å². The summed E-state index contributed by atoms with van der Waals surface area (Å²) in [7, 11) is 0. The molecule has 0 aliphatic carbocycles. The molecular weight excluding hydrogens is 422 g/mol. The molecule has 7 nitrogen and oxygen atoms in total. The monoisotopic (exact) mass is 449 g/mol. The average molecular weight is 450 g/mol. The van der Waals surface area contributed by atoms with Crippen molar-refractivity contribution in [1.82, 2.24) is 25.0 Å². The highest BCUT2D eigenvalue weighted by Gasteiger charge is 2.51. The van der Waals surface area contributed by atoms with Crippen LogP contribution in [0.15, 0.2) is 54.6 Å². The number of fused-ring (bicyclic) bond motifs is 1. The Hall–Kier alpha value is -2.81. The van der Waals surface area contributed by atoms with E-state index in [0.717, 1.165) is 48.8 Å². The Morgan fingerprint density at radius 1 is 0.969 bits per heavy atom. The number of rotatable bonds is 6. The summed E-state index contributed by atoms with van der Waals surface area (Å²) in [5.74, 6) is -0.159. The van der Waals surface area contributed by atoms with Gasteiger partial charge in [0.05, 0.1) is 23.4 Å². The maximum absolute atomic E-state index is 13.3. The summed E-state index contributed by atoms with van der Waals surface area (Å²) in [4.78, 5) is 36.8. The number of carbonyl (C=O) groups is 2. The van der Waals surface area contributed by atoms with Crippen LogP contribution in [0.1, 0.15) is 23.9 Å². The molecule has 2 aliphatic heterocycles. The lowest BCUT2D eigenvalue weighted by molar-refractivity contribution is -0.133. The highest BCUT2D eigenvalue weighted by Crippen LogP contribution is 2.32. The normalized spacial score (nSPS) is 22.6. The van der Waals surface area contributed by atoms with Gasteiger partial charge in [-0.25, -0.2) is 14.7 Å². The summed E-state index contributed by atoms with van der Waals surface area (Å²) in [6.07, 6.45) is 0.522. The van der Waals surface area contributed by atoms with Crippen molar-refractivity contribution in [3.63, 3.8) is 0 Å². The summed E-state index contributed by atoms with van der Waals surface area (Å²) in [6, 6.07) is 17.5. The van der Waals surface area contributed by atoms with E-state index >= 15 is 0 Å². The fourth-order valence-electron chi connectivity index (χ4n) is 4.58. The van der Waals surface area contributed by atoms with Gasteiger partial charge in [0.15, 0.2) is 0 Å². The largest absolute Gasteiger partial charge is 0.326 e. The number of aromatic nitrogens is 1. The number of thiazole rings is 1. The SMILES string of the molecule is CC[C@]1(c2ccccc2)NC(=O)N(CN2CCN(Cc3nc4ccccc4s3)CC2)C1=O. The van der Waals surface area contributed by atoms with Crippen LogP contribution in [-0.2, 0) is 16.9 Å². The molecule has 5 rings (SSSR count). The predicted molar refractivity (Wildman–Crippen MR) is 125 cm³/mol. The molecule has 1 aromatic heterocycles. The quantitative estimate of drug-likeness (QED) is 0.585. The van der Waals surface area contributed by atoms with E-state index in [1.54, 1.807) is 11.3 Å². The van der Waals surface area contributed by atoms with E-state index in [9.17, 15) is 9.59 Å². The number of benzene rings is 2. The lowest BCUT2D eigenvalue weighted by atomic mass is 9.87. The molecule has 0 saturated carbocycles. The van der Waals surface area contributed by atoms with Crippen LogP contribution in [0.5, 0.6) is 0 Å². The number of piperazine rings is 1. The number of urea groups is 1. The molecule has 3 amide bonds. The summed E-state index contributed by atoms with van der Waals surface area (Å²) >= 11 is 1.75. The van der Waals surface area contributed by atoms with Crippen LogP contribution in [0.2, 0.25) is 0 Å². The molecule has 2 saturated heterocycles. The molecule has 1 atom stereocenters.